The van der Waals surface area contributed by atoms with Crippen molar-refractivity contribution in [1.29, 1.82) is 0 Å². The summed E-state index contributed by atoms with van der Waals surface area (Å²) in [5.41, 5.74) is 6.32. The van der Waals surface area contributed by atoms with Gasteiger partial charge in [-0.1, -0.05) is 12.2 Å². The lowest BCUT2D eigenvalue weighted by atomic mass is 10.1. The van der Waals surface area contributed by atoms with Gasteiger partial charge in [0.05, 0.1) is 0 Å². The van der Waals surface area contributed by atoms with E-state index in [0.717, 1.165) is 12.8 Å². The zero-order chi connectivity index (χ0) is 13.7. The first-order valence-electron chi connectivity index (χ1n) is 6.26. The maximum atomic E-state index is 11.8. The average Bonchev–Trinajstić information content (AvgIpc) is 2.83. The summed E-state index contributed by atoms with van der Waals surface area (Å²) in [7, 11) is 0. The van der Waals surface area contributed by atoms with Crippen LogP contribution in [0.25, 0.3) is 0 Å². The molecular formula is C14H17N3O2. The number of hydrogen-bond acceptors (Lipinski definition) is 2. The molecule has 100 valence electrons. The van der Waals surface area contributed by atoms with Gasteiger partial charge in [0.25, 0.3) is 0 Å². The molecule has 4 N–H and O–H groups in total. The lowest BCUT2D eigenvalue weighted by Crippen LogP contribution is -2.19. The van der Waals surface area contributed by atoms with Gasteiger partial charge in [0.15, 0.2) is 0 Å². The van der Waals surface area contributed by atoms with E-state index in [1.165, 1.54) is 0 Å². The molecule has 0 aliphatic heterocycles. The first-order valence-corrected chi connectivity index (χ1v) is 6.26. The Balaban J connectivity index is 1.86. The molecule has 5 heteroatoms. The van der Waals surface area contributed by atoms with Crippen LogP contribution in [-0.4, -0.2) is 11.9 Å². The normalized spacial score (nSPS) is 17.2. The first-order chi connectivity index (χ1) is 9.13. The molecule has 1 atom stereocenters. The van der Waals surface area contributed by atoms with E-state index >= 15 is 0 Å². The number of primary amides is 1. The second-order valence-electron chi connectivity index (χ2n) is 4.58. The third-order valence-corrected chi connectivity index (χ3v) is 3.00. The Morgan fingerprint density at radius 2 is 1.79 bits per heavy atom. The highest BCUT2D eigenvalue weighted by Gasteiger charge is 2.13. The summed E-state index contributed by atoms with van der Waals surface area (Å²) in [5, 5.41) is 5.29. The van der Waals surface area contributed by atoms with E-state index < -0.39 is 6.03 Å². The largest absolute Gasteiger partial charge is 0.351 e. The van der Waals surface area contributed by atoms with Crippen LogP contribution in [0.1, 0.15) is 19.3 Å². The molecule has 0 aromatic heterocycles. The minimum Gasteiger partial charge on any atom is -0.351 e. The Hall–Kier alpha value is -2.30. The van der Waals surface area contributed by atoms with Crippen LogP contribution in [0.4, 0.5) is 16.2 Å². The van der Waals surface area contributed by atoms with Crippen molar-refractivity contribution in [3.63, 3.8) is 0 Å². The van der Waals surface area contributed by atoms with Crippen LogP contribution in [0.2, 0.25) is 0 Å². The van der Waals surface area contributed by atoms with Gasteiger partial charge in [0.1, 0.15) is 0 Å². The second-order valence-corrected chi connectivity index (χ2v) is 4.58. The summed E-state index contributed by atoms with van der Waals surface area (Å²) in [6.45, 7) is 0. The van der Waals surface area contributed by atoms with E-state index in [0.29, 0.717) is 23.7 Å². The van der Waals surface area contributed by atoms with Crippen LogP contribution in [0.15, 0.2) is 36.4 Å². The fraction of sp³-hybridized carbons (Fsp3) is 0.286. The van der Waals surface area contributed by atoms with Crippen LogP contribution in [-0.2, 0) is 4.79 Å². The molecule has 0 spiro atoms. The summed E-state index contributed by atoms with van der Waals surface area (Å²) in [4.78, 5) is 22.5. The molecule has 1 aromatic carbocycles. The third kappa shape index (κ3) is 4.13. The number of rotatable bonds is 4. The van der Waals surface area contributed by atoms with Gasteiger partial charge in [-0.05, 0) is 43.0 Å². The Labute approximate surface area is 111 Å². The molecule has 0 heterocycles. The zero-order valence-electron chi connectivity index (χ0n) is 10.6. The van der Waals surface area contributed by atoms with Gasteiger partial charge in [-0.2, -0.15) is 0 Å². The van der Waals surface area contributed by atoms with Crippen molar-refractivity contribution in [3.05, 3.63) is 36.4 Å². The smallest absolute Gasteiger partial charge is 0.316 e. The number of nitrogens with one attached hydrogen (secondary N) is 2. The lowest BCUT2D eigenvalue weighted by Gasteiger charge is -2.09. The van der Waals surface area contributed by atoms with Crippen LogP contribution in [0, 0.1) is 5.92 Å². The summed E-state index contributed by atoms with van der Waals surface area (Å²) in [5.74, 6) is 0.364. The number of nitrogens with two attached hydrogens (primary N) is 1. The number of carbonyl (C=O) groups is 2. The highest BCUT2D eigenvalue weighted by molar-refractivity contribution is 5.92. The molecule has 0 saturated heterocycles. The predicted molar refractivity (Wildman–Crippen MR) is 74.8 cm³/mol. The fourth-order valence-electron chi connectivity index (χ4n) is 2.09. The van der Waals surface area contributed by atoms with E-state index in [-0.39, 0.29) is 5.91 Å². The van der Waals surface area contributed by atoms with Crippen LogP contribution >= 0.6 is 0 Å². The van der Waals surface area contributed by atoms with E-state index in [4.69, 9.17) is 5.73 Å². The van der Waals surface area contributed by atoms with Gasteiger partial charge in [0, 0.05) is 17.8 Å². The zero-order valence-corrected chi connectivity index (χ0v) is 10.6. The quantitative estimate of drug-likeness (QED) is 0.726. The summed E-state index contributed by atoms with van der Waals surface area (Å²) in [6, 6.07) is 6.23. The Morgan fingerprint density at radius 1 is 1.16 bits per heavy atom. The highest BCUT2D eigenvalue weighted by atomic mass is 16.2. The molecule has 1 aliphatic rings. The summed E-state index contributed by atoms with van der Waals surface area (Å²) >= 11 is 0. The van der Waals surface area contributed by atoms with Crippen LogP contribution in [0.5, 0.6) is 0 Å². The van der Waals surface area contributed by atoms with Crippen molar-refractivity contribution in [2.24, 2.45) is 11.7 Å². The van der Waals surface area contributed by atoms with E-state index in [9.17, 15) is 9.59 Å². The molecule has 0 bridgehead atoms. The number of urea groups is 1. The molecule has 1 aliphatic carbocycles. The molecule has 19 heavy (non-hydrogen) atoms. The maximum absolute atomic E-state index is 11.8. The molecule has 5 nitrogen and oxygen atoms in total. The van der Waals surface area contributed by atoms with Crippen molar-refractivity contribution in [1.82, 2.24) is 0 Å². The highest BCUT2D eigenvalue weighted by Crippen LogP contribution is 2.21. The maximum Gasteiger partial charge on any atom is 0.316 e. The van der Waals surface area contributed by atoms with E-state index in [1.54, 1.807) is 24.3 Å². The molecule has 0 saturated carbocycles. The lowest BCUT2D eigenvalue weighted by molar-refractivity contribution is -0.116. The van der Waals surface area contributed by atoms with Gasteiger partial charge < -0.3 is 16.4 Å². The van der Waals surface area contributed by atoms with Crippen molar-refractivity contribution < 1.29 is 9.59 Å². The molecule has 3 amide bonds. The average molecular weight is 259 g/mol. The standard InChI is InChI=1S/C14H17N3O2/c15-14(19)17-12-7-5-11(6-8-12)16-13(18)9-10-3-1-2-4-10/h1,3,5-8,10H,2,4,9H2,(H,16,18)(H3,15,17,19). The van der Waals surface area contributed by atoms with Crippen molar-refractivity contribution >= 4 is 23.3 Å². The monoisotopic (exact) mass is 259 g/mol. The Morgan fingerprint density at radius 3 is 2.32 bits per heavy atom. The molecular weight excluding hydrogens is 242 g/mol. The Bertz CT molecular complexity index is 494. The van der Waals surface area contributed by atoms with Crippen molar-refractivity contribution in [2.45, 2.75) is 19.3 Å². The van der Waals surface area contributed by atoms with Gasteiger partial charge in [-0.25, -0.2) is 4.79 Å². The Kier molecular flexibility index (Phi) is 4.18. The van der Waals surface area contributed by atoms with E-state index in [2.05, 4.69) is 22.8 Å². The fourth-order valence-corrected chi connectivity index (χ4v) is 2.09. The second kappa shape index (κ2) is 6.04. The SMILES string of the molecule is NC(=O)Nc1ccc(NC(=O)CC2C=CCC2)cc1. The van der Waals surface area contributed by atoms with Crippen LogP contribution in [0.3, 0.4) is 0 Å². The number of amides is 3. The van der Waals surface area contributed by atoms with Crippen molar-refractivity contribution in [3.8, 4) is 0 Å². The number of carbonyl (C=O) groups excluding carboxylic acids is 2. The predicted octanol–water partition coefficient (Wildman–Crippen LogP) is 2.47. The number of hydrogen-bond donors (Lipinski definition) is 3. The minimum absolute atomic E-state index is 0.00663. The summed E-state index contributed by atoms with van der Waals surface area (Å²) in [6.07, 6.45) is 6.83. The number of anilines is 2. The topological polar surface area (TPSA) is 84.2 Å². The molecule has 1 unspecified atom stereocenters. The van der Waals surface area contributed by atoms with Gasteiger partial charge in [-0.3, -0.25) is 4.79 Å². The molecule has 0 fully saturated rings. The molecule has 1 aromatic rings. The summed E-state index contributed by atoms with van der Waals surface area (Å²) < 4.78 is 0. The molecule has 0 radical (unpaired) electrons. The van der Waals surface area contributed by atoms with Crippen molar-refractivity contribution in [2.75, 3.05) is 10.6 Å². The molecule has 2 rings (SSSR count). The third-order valence-electron chi connectivity index (χ3n) is 3.00. The number of benzene rings is 1. The minimum atomic E-state index is -0.607. The number of allylic oxidation sites excluding steroid dienone is 2. The first kappa shape index (κ1) is 13.1. The van der Waals surface area contributed by atoms with Gasteiger partial charge in [-0.15, -0.1) is 0 Å². The van der Waals surface area contributed by atoms with Gasteiger partial charge >= 0.3 is 6.03 Å². The van der Waals surface area contributed by atoms with Gasteiger partial charge in [0.2, 0.25) is 5.91 Å². The van der Waals surface area contributed by atoms with E-state index in [1.807, 2.05) is 0 Å². The van der Waals surface area contributed by atoms with Crippen LogP contribution < -0.4 is 16.4 Å².